The van der Waals surface area contributed by atoms with Crippen molar-refractivity contribution >= 4 is 16.5 Å². The Hall–Kier alpha value is -13.8. The van der Waals surface area contributed by atoms with E-state index in [1.807, 2.05) is 131 Å². The van der Waals surface area contributed by atoms with E-state index < -0.39 is 0 Å². The maximum Gasteiger partial charge on any atom is 0.300 e. The van der Waals surface area contributed by atoms with Crippen molar-refractivity contribution in [1.29, 1.82) is 0 Å². The summed E-state index contributed by atoms with van der Waals surface area (Å²) in [5.41, 5.74) is 29.5. The second kappa shape index (κ2) is 36.8. The third-order valence-corrected chi connectivity index (χ3v) is 21.8. The smallest absolute Gasteiger partial charge is 0.238 e. The van der Waals surface area contributed by atoms with Crippen LogP contribution in [0.15, 0.2) is 287 Å². The number of aryl methyl sites for hydroxylation is 13. The van der Waals surface area contributed by atoms with Gasteiger partial charge in [-0.15, -0.1) is 0 Å². The molecule has 0 unspecified atom stereocenters. The Morgan fingerprint density at radius 3 is 0.915 bits per heavy atom. The van der Waals surface area contributed by atoms with Crippen molar-refractivity contribution in [3.05, 3.63) is 406 Å². The van der Waals surface area contributed by atoms with Crippen molar-refractivity contribution in [2.75, 3.05) is 0 Å². The average molecular weight is 1560 g/mol. The number of fused-ring (bicyclic) bond motifs is 1. The summed E-state index contributed by atoms with van der Waals surface area (Å²) in [4.78, 5) is 25.8. The van der Waals surface area contributed by atoms with Crippen LogP contribution in [0.25, 0.3) is 72.5 Å². The van der Waals surface area contributed by atoms with Crippen molar-refractivity contribution in [2.45, 2.75) is 151 Å². The molecule has 0 aliphatic rings. The Labute approximate surface area is 696 Å². The first kappa shape index (κ1) is 83.6. The number of rotatable bonds is 10. The molecule has 588 valence electrons. The van der Waals surface area contributed by atoms with Crippen LogP contribution in [-0.2, 0) is 5.41 Å². The van der Waals surface area contributed by atoms with Crippen LogP contribution < -0.4 is 45.7 Å². The third kappa shape index (κ3) is 18.3. The number of hydrogen-bond acceptors (Lipinski definition) is 5. The predicted molar refractivity (Wildman–Crippen MR) is 464 cm³/mol. The SMILES string of the molecule is Cc1c(-[n+]2ccccc2C)cc(C(C)(C)C)cc1-[n+]1cccnc1C.Cc1c(-[n+]2ccccc2C)cc2ccccc2c1-[n+]1cccnc1C.Cc1cc(-[n+]2ccccc2C)c(C)c(-[n+]2cccnc2C)c1.Cc1cc(C)c(-[n+]2cccnc2C)c(C)c1-[n+]1ccccc1C.[C-]#[N+]c1cc(-[n+]2ccccc2C)c(C)c(-[n+]2cccnc2C)c1. The molecule has 0 amide bonds. The van der Waals surface area contributed by atoms with Crippen LogP contribution in [0.4, 0.5) is 5.69 Å². The van der Waals surface area contributed by atoms with Gasteiger partial charge in [0.2, 0.25) is 28.4 Å². The number of pyridine rings is 5. The molecule has 16 nitrogen and oxygen atoms in total. The number of hydrogen-bond donors (Lipinski definition) is 0. The van der Waals surface area contributed by atoms with Gasteiger partial charge in [-0.25, -0.2) is 9.41 Å². The van der Waals surface area contributed by atoms with Gasteiger partial charge in [-0.2, -0.15) is 41.1 Å². The first-order valence-corrected chi connectivity index (χ1v) is 40.1. The molecule has 6 aromatic carbocycles. The quantitative estimate of drug-likeness (QED) is 0.100. The van der Waals surface area contributed by atoms with Crippen molar-refractivity contribution in [3.8, 4) is 56.9 Å². The molecule has 0 N–H and O–H groups in total. The molecule has 0 saturated carbocycles. The highest BCUT2D eigenvalue weighted by Gasteiger charge is 2.30. The van der Waals surface area contributed by atoms with E-state index in [-0.39, 0.29) is 5.41 Å². The zero-order valence-electron chi connectivity index (χ0n) is 72.3. The zero-order chi connectivity index (χ0) is 84.2. The van der Waals surface area contributed by atoms with Crippen LogP contribution in [0.5, 0.6) is 0 Å². The Morgan fingerprint density at radius 1 is 0.263 bits per heavy atom. The fourth-order valence-corrected chi connectivity index (χ4v) is 15.5. The van der Waals surface area contributed by atoms with E-state index in [2.05, 4.69) is 371 Å². The van der Waals surface area contributed by atoms with Gasteiger partial charge >= 0.3 is 0 Å². The van der Waals surface area contributed by atoms with Gasteiger partial charge in [-0.3, -0.25) is 0 Å². The Bertz CT molecular complexity index is 6180. The average Bonchev–Trinajstić information content (AvgIpc) is 0.787. The molecule has 0 radical (unpaired) electrons. The molecule has 0 aliphatic carbocycles. The molecule has 16 rings (SSSR count). The molecule has 0 spiro atoms. The van der Waals surface area contributed by atoms with Crippen LogP contribution in [-0.4, -0.2) is 24.9 Å². The molecule has 0 bridgehead atoms. The third-order valence-electron chi connectivity index (χ3n) is 21.8. The molecular formula is C102H110N16+10. The number of aromatic nitrogens is 15. The minimum Gasteiger partial charge on any atom is -0.238 e. The van der Waals surface area contributed by atoms with E-state index in [4.69, 9.17) is 6.57 Å². The van der Waals surface area contributed by atoms with Gasteiger partial charge in [0.05, 0.1) is 34.4 Å². The van der Waals surface area contributed by atoms with Crippen LogP contribution in [0.1, 0.15) is 128 Å². The molecule has 16 aromatic rings. The Morgan fingerprint density at radius 2 is 0.551 bits per heavy atom. The molecule has 0 saturated heterocycles. The van der Waals surface area contributed by atoms with Crippen molar-refractivity contribution in [1.82, 2.24) is 24.9 Å². The molecular weight excluding hydrogens is 1450 g/mol. The topological polar surface area (TPSA) is 108 Å². The van der Waals surface area contributed by atoms with Crippen molar-refractivity contribution in [3.63, 3.8) is 0 Å². The summed E-state index contributed by atoms with van der Waals surface area (Å²) < 4.78 is 21.8. The van der Waals surface area contributed by atoms with Gasteiger partial charge in [0.25, 0.3) is 29.1 Å². The van der Waals surface area contributed by atoms with E-state index in [9.17, 15) is 0 Å². The molecule has 118 heavy (non-hydrogen) atoms. The van der Waals surface area contributed by atoms with E-state index >= 15 is 0 Å². The largest absolute Gasteiger partial charge is 0.300 e. The van der Waals surface area contributed by atoms with Crippen LogP contribution in [0, 0.1) is 131 Å². The highest BCUT2D eigenvalue weighted by Crippen LogP contribution is 2.31. The van der Waals surface area contributed by atoms with Crippen LogP contribution in [0.3, 0.4) is 0 Å². The summed E-state index contributed by atoms with van der Waals surface area (Å²) in [5, 5.41) is 2.46. The Balaban J connectivity index is 0.000000136. The van der Waals surface area contributed by atoms with Crippen molar-refractivity contribution in [2.24, 2.45) is 0 Å². The molecule has 10 heterocycles. The van der Waals surface area contributed by atoms with Gasteiger partial charge in [0.15, 0.2) is 65.1 Å². The van der Waals surface area contributed by atoms with Crippen molar-refractivity contribution < 1.29 is 45.7 Å². The fourth-order valence-electron chi connectivity index (χ4n) is 15.5. The predicted octanol–water partition coefficient (Wildman–Crippen LogP) is 16.7. The minimum atomic E-state index is 0.0666. The summed E-state index contributed by atoms with van der Waals surface area (Å²) in [6, 6.07) is 67.0. The highest BCUT2D eigenvalue weighted by molar-refractivity contribution is 5.91. The van der Waals surface area contributed by atoms with E-state index in [0.717, 1.165) is 51.8 Å². The number of benzene rings is 6. The molecule has 0 fully saturated rings. The van der Waals surface area contributed by atoms with Gasteiger partial charge < -0.3 is 0 Å². The van der Waals surface area contributed by atoms with Gasteiger partial charge in [-0.05, 0) is 107 Å². The summed E-state index contributed by atoms with van der Waals surface area (Å²) in [7, 11) is 0. The van der Waals surface area contributed by atoms with E-state index in [1.165, 1.54) is 124 Å². The summed E-state index contributed by atoms with van der Waals surface area (Å²) in [6.45, 7) is 52.3. The summed E-state index contributed by atoms with van der Waals surface area (Å²) in [6.07, 6.45) is 29.9. The number of nitrogens with zero attached hydrogens (tertiary/aromatic N) is 16. The molecule has 0 aliphatic heterocycles. The maximum absolute atomic E-state index is 7.43. The highest BCUT2D eigenvalue weighted by atomic mass is 15.1. The van der Waals surface area contributed by atoms with Crippen LogP contribution >= 0.6 is 0 Å². The summed E-state index contributed by atoms with van der Waals surface area (Å²) in [5.74, 6) is 4.82. The summed E-state index contributed by atoms with van der Waals surface area (Å²) >= 11 is 0. The fraction of sp³-hybridized carbons (Fsp3) is 0.216. The van der Waals surface area contributed by atoms with Gasteiger partial charge in [0.1, 0.15) is 90.4 Å². The second-order valence-electron chi connectivity index (χ2n) is 31.2. The minimum absolute atomic E-state index is 0.0666. The standard InChI is InChI=1S/C22H21N3.C22H27N3.C20H23N3.C19H18N4.C19H21N3/c1-16-9-6-7-13-24(16)21-15-19-10-4-5-11-20(19)22(17(21)2)25-14-8-12-23-18(25)3;1-16-10-7-8-12-24(16)20-14-19(22(4,5)6)15-21(17(20)2)25-13-9-11-23-18(25)3;1-14-13-15(2)20(23-12-8-10-21-18(23)5)17(4)19(14)22-11-7-6-9-16(22)3;1-14-8-5-6-10-22(14)18-12-17(20-4)13-19(15(18)2)23-11-7-9-21-16(23)3;1-14-12-18(21-10-6-5-8-15(21)2)16(3)19(13-14)22-11-7-9-20-17(22)4/h4-15H,1-3H3;7-15H,1-6H3;6-13H,1-5H3;5-13H,1-3H3;5-13H,1-4H3/q5*+2. The van der Waals surface area contributed by atoms with E-state index in [0.29, 0.717) is 5.69 Å². The second-order valence-corrected chi connectivity index (χ2v) is 31.2. The lowest BCUT2D eigenvalue weighted by molar-refractivity contribution is -0.614. The lowest BCUT2D eigenvalue weighted by Crippen LogP contribution is -2.40. The zero-order valence-corrected chi connectivity index (χ0v) is 72.3. The molecule has 10 aromatic heterocycles. The van der Waals surface area contributed by atoms with Gasteiger partial charge in [-0.1, -0.05) is 100 Å². The lowest BCUT2D eigenvalue weighted by Gasteiger charge is -2.21. The first-order valence-electron chi connectivity index (χ1n) is 40.1. The molecule has 0 atom stereocenters. The monoisotopic (exact) mass is 1560 g/mol. The first-order chi connectivity index (χ1) is 56.6. The molecule has 16 heteroatoms. The van der Waals surface area contributed by atoms with Gasteiger partial charge in [0, 0.05) is 195 Å². The Kier molecular flexibility index (Phi) is 26.1. The maximum atomic E-state index is 7.43. The lowest BCUT2D eigenvalue weighted by atomic mass is 9.85. The van der Waals surface area contributed by atoms with Crippen LogP contribution in [0.2, 0.25) is 0 Å². The van der Waals surface area contributed by atoms with E-state index in [1.54, 1.807) is 6.20 Å². The normalized spacial score (nSPS) is 10.9.